The Kier molecular flexibility index (Phi) is 3.19. The fourth-order valence-corrected chi connectivity index (χ4v) is 2.61. The molecule has 0 N–H and O–H groups in total. The molecule has 0 saturated carbocycles. The fraction of sp³-hybridized carbons (Fsp3) is 0.800. The monoisotopic (exact) mass is 228 g/mol. The molecular formula is C10H16N2O2S. The minimum atomic E-state index is -0.290. The molecular weight excluding hydrogens is 212 g/mol. The topological polar surface area (TPSA) is 40.6 Å². The predicted molar refractivity (Wildman–Crippen MR) is 59.9 cm³/mol. The molecule has 0 bridgehead atoms. The number of urea groups is 1. The lowest BCUT2D eigenvalue weighted by Crippen LogP contribution is -2.46. The first-order valence-electron chi connectivity index (χ1n) is 5.48. The number of hydrogen-bond donors (Lipinski definition) is 1. The summed E-state index contributed by atoms with van der Waals surface area (Å²) in [5, 5.41) is -0.181. The van der Waals surface area contributed by atoms with Crippen LogP contribution in [0.25, 0.3) is 0 Å². The van der Waals surface area contributed by atoms with Gasteiger partial charge in [0.05, 0.1) is 0 Å². The number of thiol groups is 1. The summed E-state index contributed by atoms with van der Waals surface area (Å²) in [7, 11) is 0. The number of likely N-dealkylation sites (tertiary alicyclic amines) is 2. The summed E-state index contributed by atoms with van der Waals surface area (Å²) in [5.41, 5.74) is 0. The Labute approximate surface area is 95.0 Å². The number of amides is 2. The third kappa shape index (κ3) is 2.12. The van der Waals surface area contributed by atoms with Crippen molar-refractivity contribution in [3.8, 4) is 0 Å². The van der Waals surface area contributed by atoms with E-state index in [1.54, 1.807) is 4.90 Å². The highest BCUT2D eigenvalue weighted by Gasteiger charge is 2.35. The van der Waals surface area contributed by atoms with Crippen LogP contribution in [-0.2, 0) is 4.79 Å². The van der Waals surface area contributed by atoms with E-state index in [2.05, 4.69) is 12.6 Å². The average molecular weight is 228 g/mol. The number of rotatable bonds is 1. The van der Waals surface area contributed by atoms with Crippen LogP contribution in [0.3, 0.4) is 0 Å². The summed E-state index contributed by atoms with van der Waals surface area (Å²) in [5.74, 6) is 0. The van der Waals surface area contributed by atoms with E-state index in [0.717, 1.165) is 38.8 Å². The molecule has 0 aromatic carbocycles. The highest BCUT2D eigenvalue weighted by molar-refractivity contribution is 7.96. The van der Waals surface area contributed by atoms with Gasteiger partial charge in [-0.1, -0.05) is 0 Å². The molecule has 2 aliphatic heterocycles. The molecule has 2 fully saturated rings. The fourth-order valence-electron chi connectivity index (χ4n) is 2.34. The molecule has 0 unspecified atom stereocenters. The normalized spacial score (nSPS) is 26.1. The van der Waals surface area contributed by atoms with E-state index in [1.807, 2.05) is 4.90 Å². The minimum Gasteiger partial charge on any atom is -0.325 e. The smallest absolute Gasteiger partial charge is 0.320 e. The lowest BCUT2D eigenvalue weighted by Gasteiger charge is -2.27. The number of hydrogen-bond acceptors (Lipinski definition) is 2. The van der Waals surface area contributed by atoms with Crippen molar-refractivity contribution < 1.29 is 9.59 Å². The van der Waals surface area contributed by atoms with Crippen LogP contribution in [0, 0.1) is 0 Å². The van der Waals surface area contributed by atoms with E-state index in [1.165, 1.54) is 0 Å². The zero-order valence-electron chi connectivity index (χ0n) is 8.69. The molecule has 0 aromatic rings. The molecule has 2 heterocycles. The standard InChI is InChI=1S/C10H16N2O2S/c13-9(15)8-4-3-7-12(8)10(14)11-5-1-2-6-11/h8H,1-7H2,(H,13,15)/t8-/m0/s1. The second kappa shape index (κ2) is 4.43. The highest BCUT2D eigenvalue weighted by atomic mass is 32.1. The van der Waals surface area contributed by atoms with Crippen molar-refractivity contribution in [2.45, 2.75) is 31.7 Å². The van der Waals surface area contributed by atoms with Gasteiger partial charge in [0.1, 0.15) is 6.04 Å². The zero-order chi connectivity index (χ0) is 10.8. The third-order valence-corrected chi connectivity index (χ3v) is 3.46. The molecule has 84 valence electrons. The van der Waals surface area contributed by atoms with Crippen molar-refractivity contribution in [2.24, 2.45) is 0 Å². The van der Waals surface area contributed by atoms with Crippen LogP contribution >= 0.6 is 12.6 Å². The van der Waals surface area contributed by atoms with Crippen molar-refractivity contribution in [1.82, 2.24) is 9.80 Å². The van der Waals surface area contributed by atoms with Crippen molar-refractivity contribution in [3.63, 3.8) is 0 Å². The number of carbonyl (C=O) groups is 2. The SMILES string of the molecule is O=C(S)[C@@H]1CCCN1C(=O)N1CCCC1. The van der Waals surface area contributed by atoms with Gasteiger partial charge in [0.2, 0.25) is 5.12 Å². The summed E-state index contributed by atoms with van der Waals surface area (Å²) in [6.07, 6.45) is 3.84. The molecule has 5 heteroatoms. The third-order valence-electron chi connectivity index (χ3n) is 3.16. The summed E-state index contributed by atoms with van der Waals surface area (Å²) in [6, 6.07) is -0.265. The maximum absolute atomic E-state index is 12.0. The first-order chi connectivity index (χ1) is 7.20. The van der Waals surface area contributed by atoms with E-state index >= 15 is 0 Å². The molecule has 2 aliphatic rings. The van der Waals surface area contributed by atoms with Crippen LogP contribution in [0.5, 0.6) is 0 Å². The van der Waals surface area contributed by atoms with Crippen LogP contribution in [-0.4, -0.2) is 46.6 Å². The molecule has 2 saturated heterocycles. The van der Waals surface area contributed by atoms with Gasteiger partial charge in [-0.25, -0.2) is 4.79 Å². The Morgan fingerprint density at radius 1 is 1.07 bits per heavy atom. The van der Waals surface area contributed by atoms with Crippen molar-refractivity contribution in [1.29, 1.82) is 0 Å². The van der Waals surface area contributed by atoms with Crippen molar-refractivity contribution >= 4 is 23.8 Å². The largest absolute Gasteiger partial charge is 0.325 e. The van der Waals surface area contributed by atoms with Crippen LogP contribution in [0.15, 0.2) is 0 Å². The average Bonchev–Trinajstić information content (AvgIpc) is 2.88. The lowest BCUT2D eigenvalue weighted by molar-refractivity contribution is -0.114. The van der Waals surface area contributed by atoms with Crippen molar-refractivity contribution in [3.05, 3.63) is 0 Å². The van der Waals surface area contributed by atoms with Gasteiger partial charge >= 0.3 is 6.03 Å². The lowest BCUT2D eigenvalue weighted by atomic mass is 10.2. The van der Waals surface area contributed by atoms with Crippen LogP contribution in [0.2, 0.25) is 0 Å². The molecule has 0 aliphatic carbocycles. The van der Waals surface area contributed by atoms with E-state index in [4.69, 9.17) is 0 Å². The van der Waals surface area contributed by atoms with Crippen LogP contribution < -0.4 is 0 Å². The number of carbonyl (C=O) groups excluding carboxylic acids is 2. The van der Waals surface area contributed by atoms with Gasteiger partial charge in [0, 0.05) is 19.6 Å². The summed E-state index contributed by atoms with van der Waals surface area (Å²) < 4.78 is 0. The van der Waals surface area contributed by atoms with Gasteiger partial charge in [-0.15, -0.1) is 12.6 Å². The summed E-state index contributed by atoms with van der Waals surface area (Å²) >= 11 is 3.84. The Bertz CT molecular complexity index is 277. The maximum Gasteiger partial charge on any atom is 0.320 e. The van der Waals surface area contributed by atoms with Gasteiger partial charge in [-0.2, -0.15) is 0 Å². The molecule has 0 spiro atoms. The second-order valence-corrected chi connectivity index (χ2v) is 4.61. The van der Waals surface area contributed by atoms with Gasteiger partial charge < -0.3 is 9.80 Å². The van der Waals surface area contributed by atoms with Crippen molar-refractivity contribution in [2.75, 3.05) is 19.6 Å². The molecule has 0 radical (unpaired) electrons. The molecule has 0 aromatic heterocycles. The predicted octanol–water partition coefficient (Wildman–Crippen LogP) is 1.12. The summed E-state index contributed by atoms with van der Waals surface area (Å²) in [4.78, 5) is 26.8. The second-order valence-electron chi connectivity index (χ2n) is 4.17. The Balaban J connectivity index is 2.02. The zero-order valence-corrected chi connectivity index (χ0v) is 9.58. The molecule has 15 heavy (non-hydrogen) atoms. The first-order valence-corrected chi connectivity index (χ1v) is 5.93. The molecule has 2 rings (SSSR count). The molecule has 1 atom stereocenters. The Morgan fingerprint density at radius 2 is 1.73 bits per heavy atom. The minimum absolute atomic E-state index is 0.0254. The maximum atomic E-state index is 12.0. The van der Waals surface area contributed by atoms with E-state index in [0.29, 0.717) is 6.54 Å². The van der Waals surface area contributed by atoms with Gasteiger partial charge in [0.25, 0.3) is 0 Å². The molecule has 4 nitrogen and oxygen atoms in total. The van der Waals surface area contributed by atoms with E-state index < -0.39 is 0 Å². The van der Waals surface area contributed by atoms with E-state index in [-0.39, 0.29) is 17.2 Å². The summed E-state index contributed by atoms with van der Waals surface area (Å²) in [6.45, 7) is 2.37. The van der Waals surface area contributed by atoms with Crippen LogP contribution in [0.1, 0.15) is 25.7 Å². The Morgan fingerprint density at radius 3 is 2.33 bits per heavy atom. The Hall–Kier alpha value is -0.710. The first kappa shape index (κ1) is 10.8. The van der Waals surface area contributed by atoms with E-state index in [9.17, 15) is 9.59 Å². The number of nitrogens with zero attached hydrogens (tertiary/aromatic N) is 2. The van der Waals surface area contributed by atoms with Crippen LogP contribution in [0.4, 0.5) is 4.79 Å². The van der Waals surface area contributed by atoms with Gasteiger partial charge in [0.15, 0.2) is 0 Å². The quantitative estimate of drug-likeness (QED) is 0.683. The molecule has 2 amide bonds. The highest BCUT2D eigenvalue weighted by Crippen LogP contribution is 2.22. The van der Waals surface area contributed by atoms with Gasteiger partial charge in [-0.3, -0.25) is 4.79 Å². The van der Waals surface area contributed by atoms with Gasteiger partial charge in [-0.05, 0) is 25.7 Å².